The number of aliphatic hydroxyl groups is 2. The lowest BCUT2D eigenvalue weighted by Crippen LogP contribution is -2.46. The van der Waals surface area contributed by atoms with Crippen LogP contribution in [0.15, 0.2) is 65.0 Å². The third kappa shape index (κ3) is 2.59. The fourth-order valence-corrected chi connectivity index (χ4v) is 7.11. The Morgan fingerprint density at radius 1 is 1.14 bits per heavy atom. The number of hydrogen-bond acceptors (Lipinski definition) is 2. The molecule has 146 valence electrons. The van der Waals surface area contributed by atoms with Gasteiger partial charge in [0.1, 0.15) is 13.6 Å². The Balaban J connectivity index is 1.66. The lowest BCUT2D eigenvalue weighted by atomic mass is 9.45. The van der Waals surface area contributed by atoms with Crippen molar-refractivity contribution in [2.45, 2.75) is 63.3 Å². The van der Waals surface area contributed by atoms with Gasteiger partial charge in [-0.05, 0) is 79.8 Å². The highest BCUT2D eigenvalue weighted by atomic mass is 16.3. The summed E-state index contributed by atoms with van der Waals surface area (Å²) in [5, 5.41) is 21.1. The Labute approximate surface area is 169 Å². The van der Waals surface area contributed by atoms with Crippen molar-refractivity contribution in [1.29, 1.82) is 0 Å². The van der Waals surface area contributed by atoms with E-state index in [9.17, 15) is 10.2 Å². The Hall–Kier alpha value is -1.74. The Morgan fingerprint density at radius 2 is 1.93 bits per heavy atom. The van der Waals surface area contributed by atoms with E-state index in [2.05, 4.69) is 51.2 Å². The van der Waals surface area contributed by atoms with Crippen molar-refractivity contribution >= 4 is 7.85 Å². The minimum atomic E-state index is -0.176. The molecular weight excluding hydrogens is 343 g/mol. The lowest BCUT2D eigenvalue weighted by molar-refractivity contribution is 0.114. The van der Waals surface area contributed by atoms with Crippen LogP contribution in [0, 0.1) is 17.3 Å². The van der Waals surface area contributed by atoms with Gasteiger partial charge in [0, 0.05) is 5.41 Å². The molecule has 0 aromatic heterocycles. The summed E-state index contributed by atoms with van der Waals surface area (Å²) in [6.07, 6.45) is 11.5. The molecule has 2 fully saturated rings. The zero-order valence-corrected chi connectivity index (χ0v) is 17.1. The van der Waals surface area contributed by atoms with Crippen LogP contribution in [0.2, 0.25) is 5.31 Å². The molecule has 1 aromatic rings. The Kier molecular flexibility index (Phi) is 4.17. The molecule has 0 heterocycles. The second-order valence-electron chi connectivity index (χ2n) is 10.00. The van der Waals surface area contributed by atoms with Gasteiger partial charge in [-0.15, -0.1) is 0 Å². The molecule has 4 aliphatic rings. The van der Waals surface area contributed by atoms with Gasteiger partial charge in [-0.3, -0.25) is 0 Å². The van der Waals surface area contributed by atoms with Gasteiger partial charge in [-0.2, -0.15) is 0 Å². The van der Waals surface area contributed by atoms with Crippen LogP contribution in [0.25, 0.3) is 0 Å². The molecule has 2 unspecified atom stereocenters. The highest BCUT2D eigenvalue weighted by molar-refractivity contribution is 6.18. The predicted octanol–water partition coefficient (Wildman–Crippen LogP) is 4.68. The number of rotatable bonds is 2. The summed E-state index contributed by atoms with van der Waals surface area (Å²) < 4.78 is 0. The minimum absolute atomic E-state index is 0.127. The summed E-state index contributed by atoms with van der Waals surface area (Å²) in [7, 11) is 2.39. The van der Waals surface area contributed by atoms with E-state index in [0.29, 0.717) is 17.6 Å². The van der Waals surface area contributed by atoms with Crippen molar-refractivity contribution in [3.8, 4) is 0 Å². The van der Waals surface area contributed by atoms with E-state index in [-0.39, 0.29) is 16.8 Å². The van der Waals surface area contributed by atoms with Crippen LogP contribution in [0.4, 0.5) is 0 Å². The maximum atomic E-state index is 10.5. The van der Waals surface area contributed by atoms with E-state index in [1.54, 1.807) is 11.1 Å². The van der Waals surface area contributed by atoms with Crippen molar-refractivity contribution in [3.63, 3.8) is 0 Å². The molecule has 2 saturated carbocycles. The standard InChI is InChI=1S/C25H31BO2/c1-16-19-7-8-21-22-13-18(27)15-25(22,26)12-11-24(21,20(19)9-10-23(16)28)14-17-5-3-2-4-6-17/h2-6,9-10,18-20,27-28H,7-8,11-15,26H2,1H3/t18-,19?,20?,24+,25+/m0/s1. The molecule has 0 amide bonds. The fraction of sp³-hybridized carbons (Fsp3) is 0.520. The number of fused-ring (bicyclic) bond motifs is 4. The predicted molar refractivity (Wildman–Crippen MR) is 116 cm³/mol. The van der Waals surface area contributed by atoms with Crippen molar-refractivity contribution in [1.82, 2.24) is 0 Å². The summed E-state index contributed by atoms with van der Waals surface area (Å²) in [4.78, 5) is 0. The van der Waals surface area contributed by atoms with Gasteiger partial charge in [0.2, 0.25) is 0 Å². The first-order chi connectivity index (χ1) is 13.4. The molecule has 0 radical (unpaired) electrons. The van der Waals surface area contributed by atoms with Crippen LogP contribution in [-0.4, -0.2) is 24.2 Å². The summed E-state index contributed by atoms with van der Waals surface area (Å²) >= 11 is 0. The van der Waals surface area contributed by atoms with Crippen molar-refractivity contribution < 1.29 is 10.2 Å². The molecular formula is C25H31BO2. The Morgan fingerprint density at radius 3 is 2.71 bits per heavy atom. The molecule has 2 N–H and O–H groups in total. The van der Waals surface area contributed by atoms with E-state index in [1.165, 1.54) is 24.0 Å². The van der Waals surface area contributed by atoms with E-state index in [1.807, 2.05) is 6.08 Å². The molecule has 0 saturated heterocycles. The number of allylic oxidation sites excluding steroid dienone is 4. The maximum Gasteiger partial charge on any atom is 0.114 e. The molecule has 1 aromatic carbocycles. The van der Waals surface area contributed by atoms with Gasteiger partial charge in [-0.25, -0.2) is 0 Å². The lowest BCUT2D eigenvalue weighted by Gasteiger charge is -2.56. The van der Waals surface area contributed by atoms with Gasteiger partial charge in [0.15, 0.2) is 0 Å². The van der Waals surface area contributed by atoms with Crippen molar-refractivity contribution in [2.24, 2.45) is 17.3 Å². The second kappa shape index (κ2) is 6.39. The van der Waals surface area contributed by atoms with E-state index >= 15 is 0 Å². The SMILES string of the molecule is B[C@@]12CC[C@]3(Cc4ccccc4)C(=C1C[C@H](O)C2)CCC1C(C)=C(O)C=CC13. The van der Waals surface area contributed by atoms with Gasteiger partial charge in [0.05, 0.1) is 6.10 Å². The molecule has 0 spiro atoms. The van der Waals surface area contributed by atoms with E-state index in [4.69, 9.17) is 0 Å². The first-order valence-electron chi connectivity index (χ1n) is 11.0. The van der Waals surface area contributed by atoms with Crippen LogP contribution in [0.5, 0.6) is 0 Å². The Bertz CT molecular complexity index is 883. The topological polar surface area (TPSA) is 40.5 Å². The van der Waals surface area contributed by atoms with Gasteiger partial charge < -0.3 is 10.2 Å². The number of aliphatic hydroxyl groups excluding tert-OH is 2. The first kappa shape index (κ1) is 18.3. The third-order valence-electron chi connectivity index (χ3n) is 8.50. The van der Waals surface area contributed by atoms with E-state index in [0.717, 1.165) is 32.1 Å². The molecule has 28 heavy (non-hydrogen) atoms. The zero-order chi connectivity index (χ0) is 19.5. The molecule has 2 nitrogen and oxygen atoms in total. The van der Waals surface area contributed by atoms with Gasteiger partial charge in [-0.1, -0.05) is 54.0 Å². The quantitative estimate of drug-likeness (QED) is 0.583. The van der Waals surface area contributed by atoms with Crippen LogP contribution in [-0.2, 0) is 6.42 Å². The van der Waals surface area contributed by atoms with Crippen molar-refractivity contribution in [2.75, 3.05) is 0 Å². The summed E-state index contributed by atoms with van der Waals surface area (Å²) in [5.41, 5.74) is 5.94. The molecule has 4 aliphatic carbocycles. The molecule has 5 rings (SSSR count). The largest absolute Gasteiger partial charge is 0.508 e. The molecule has 3 heteroatoms. The van der Waals surface area contributed by atoms with Crippen LogP contribution in [0.3, 0.4) is 0 Å². The minimum Gasteiger partial charge on any atom is -0.508 e. The highest BCUT2D eigenvalue weighted by Gasteiger charge is 2.55. The zero-order valence-electron chi connectivity index (χ0n) is 17.1. The average Bonchev–Trinajstić information content (AvgIpc) is 2.99. The van der Waals surface area contributed by atoms with Crippen molar-refractivity contribution in [3.05, 3.63) is 70.5 Å². The van der Waals surface area contributed by atoms with E-state index < -0.39 is 0 Å². The number of benzene rings is 1. The average molecular weight is 374 g/mol. The normalized spacial score (nSPS) is 39.6. The summed E-state index contributed by atoms with van der Waals surface area (Å²) in [6, 6.07) is 10.9. The number of hydrogen-bond donors (Lipinski definition) is 2. The second-order valence-corrected chi connectivity index (χ2v) is 10.00. The van der Waals surface area contributed by atoms with Crippen LogP contribution < -0.4 is 0 Å². The van der Waals surface area contributed by atoms with Crippen LogP contribution >= 0.6 is 0 Å². The fourth-order valence-electron chi connectivity index (χ4n) is 7.11. The smallest absolute Gasteiger partial charge is 0.114 e. The maximum absolute atomic E-state index is 10.5. The monoisotopic (exact) mass is 374 g/mol. The molecule has 0 bridgehead atoms. The van der Waals surface area contributed by atoms with Gasteiger partial charge in [0.25, 0.3) is 0 Å². The summed E-state index contributed by atoms with van der Waals surface area (Å²) in [5.74, 6) is 1.36. The molecule has 5 atom stereocenters. The first-order valence-corrected chi connectivity index (χ1v) is 11.0. The van der Waals surface area contributed by atoms with Crippen LogP contribution in [0.1, 0.15) is 51.0 Å². The molecule has 0 aliphatic heterocycles. The summed E-state index contributed by atoms with van der Waals surface area (Å²) in [6.45, 7) is 2.12. The van der Waals surface area contributed by atoms with Gasteiger partial charge >= 0.3 is 0 Å². The third-order valence-corrected chi connectivity index (χ3v) is 8.50. The highest BCUT2D eigenvalue weighted by Crippen LogP contribution is 2.66.